The topological polar surface area (TPSA) is 80.2 Å². The van der Waals surface area contributed by atoms with Gasteiger partial charge in [-0.1, -0.05) is 0 Å². The van der Waals surface area contributed by atoms with Crippen LogP contribution in [0.1, 0.15) is 24.5 Å². The van der Waals surface area contributed by atoms with Gasteiger partial charge >= 0.3 is 0 Å². The Kier molecular flexibility index (Phi) is 5.32. The highest BCUT2D eigenvalue weighted by atomic mass is 16.5. The van der Waals surface area contributed by atoms with Crippen molar-refractivity contribution in [2.24, 2.45) is 0 Å². The van der Waals surface area contributed by atoms with E-state index in [0.29, 0.717) is 12.4 Å². The van der Waals surface area contributed by atoms with Crippen LogP contribution in [-0.4, -0.2) is 52.6 Å². The minimum Gasteiger partial charge on any atom is -0.375 e. The number of carbonyl (C=O) groups excluding carboxylic acids is 1. The Hall–Kier alpha value is -2.54. The van der Waals surface area contributed by atoms with Crippen molar-refractivity contribution in [2.75, 3.05) is 32.1 Å². The number of amides is 1. The number of hydrogen-bond donors (Lipinski definition) is 1. The molecule has 1 N–H and O–H groups in total. The summed E-state index contributed by atoms with van der Waals surface area (Å²) < 4.78 is 4.94. The van der Waals surface area contributed by atoms with Gasteiger partial charge in [0.25, 0.3) is 0 Å². The average Bonchev–Trinajstić information content (AvgIpc) is 2.63. The van der Waals surface area contributed by atoms with Gasteiger partial charge < -0.3 is 15.0 Å². The van der Waals surface area contributed by atoms with Crippen LogP contribution >= 0.6 is 0 Å². The molecule has 1 saturated heterocycles. The molecule has 3 heterocycles. The molecule has 0 aliphatic carbocycles. The lowest BCUT2D eigenvalue weighted by atomic mass is 9.94. The van der Waals surface area contributed by atoms with Gasteiger partial charge in [0, 0.05) is 44.2 Å². The van der Waals surface area contributed by atoms with Crippen LogP contribution in [0.3, 0.4) is 0 Å². The van der Waals surface area contributed by atoms with Crippen LogP contribution in [0.5, 0.6) is 0 Å². The van der Waals surface area contributed by atoms with Crippen LogP contribution in [0.25, 0.3) is 0 Å². The first-order valence-corrected chi connectivity index (χ1v) is 8.02. The Balaban J connectivity index is 1.63. The van der Waals surface area contributed by atoms with Gasteiger partial charge in [-0.05, 0) is 25.0 Å². The lowest BCUT2D eigenvalue weighted by Gasteiger charge is -2.32. The summed E-state index contributed by atoms with van der Waals surface area (Å²) in [6, 6.07) is 3.99. The number of carbonyl (C=O) groups is 1. The van der Waals surface area contributed by atoms with Crippen molar-refractivity contribution >= 4 is 17.4 Å². The number of nitrogens with zero attached hydrogens (tertiary/aromatic N) is 4. The molecule has 24 heavy (non-hydrogen) atoms. The predicted octanol–water partition coefficient (Wildman–Crippen LogP) is 1.97. The first-order valence-electron chi connectivity index (χ1n) is 8.02. The van der Waals surface area contributed by atoms with E-state index in [1.807, 2.05) is 17.0 Å². The molecular formula is C17H21N5O2. The summed E-state index contributed by atoms with van der Waals surface area (Å²) in [6.07, 6.45) is 8.75. The fourth-order valence-electron chi connectivity index (χ4n) is 2.89. The highest BCUT2D eigenvalue weighted by Gasteiger charge is 2.25. The number of nitrogens with one attached hydrogen (secondary N) is 1. The molecule has 1 atom stereocenters. The van der Waals surface area contributed by atoms with E-state index in [4.69, 9.17) is 4.74 Å². The average molecular weight is 327 g/mol. The van der Waals surface area contributed by atoms with Gasteiger partial charge in [0.05, 0.1) is 18.1 Å². The third-order valence-electron chi connectivity index (χ3n) is 4.08. The molecule has 1 fully saturated rings. The SMILES string of the molecule is COCC(=O)N1CCCC(c2ccc(Nc3cnccn3)cn2)C1. The Morgan fingerprint density at radius 2 is 2.25 bits per heavy atom. The van der Waals surface area contributed by atoms with Crippen LogP contribution in [0.15, 0.2) is 36.9 Å². The quantitative estimate of drug-likeness (QED) is 0.904. The van der Waals surface area contributed by atoms with E-state index in [-0.39, 0.29) is 18.4 Å². The number of pyridine rings is 1. The highest BCUT2D eigenvalue weighted by Crippen LogP contribution is 2.26. The summed E-state index contributed by atoms with van der Waals surface area (Å²) in [7, 11) is 1.55. The van der Waals surface area contributed by atoms with Crippen molar-refractivity contribution in [1.82, 2.24) is 19.9 Å². The predicted molar refractivity (Wildman–Crippen MR) is 90.0 cm³/mol. The molecule has 0 radical (unpaired) electrons. The first kappa shape index (κ1) is 16.3. The van der Waals surface area contributed by atoms with Gasteiger partial charge in [-0.2, -0.15) is 0 Å². The van der Waals surface area contributed by atoms with Crippen molar-refractivity contribution in [2.45, 2.75) is 18.8 Å². The van der Waals surface area contributed by atoms with Crippen molar-refractivity contribution in [3.63, 3.8) is 0 Å². The van der Waals surface area contributed by atoms with E-state index in [9.17, 15) is 4.79 Å². The Labute approximate surface area is 141 Å². The van der Waals surface area contributed by atoms with Gasteiger partial charge in [-0.15, -0.1) is 0 Å². The lowest BCUT2D eigenvalue weighted by molar-refractivity contribution is -0.136. The van der Waals surface area contributed by atoms with E-state index < -0.39 is 0 Å². The smallest absolute Gasteiger partial charge is 0.248 e. The van der Waals surface area contributed by atoms with Crippen LogP contribution in [-0.2, 0) is 9.53 Å². The van der Waals surface area contributed by atoms with E-state index in [2.05, 4.69) is 20.3 Å². The third-order valence-corrected chi connectivity index (χ3v) is 4.08. The summed E-state index contributed by atoms with van der Waals surface area (Å²) in [6.45, 7) is 1.64. The molecule has 126 valence electrons. The molecule has 1 amide bonds. The second-order valence-corrected chi connectivity index (χ2v) is 5.80. The molecule has 0 bridgehead atoms. The molecule has 0 spiro atoms. The molecule has 7 nitrogen and oxygen atoms in total. The maximum Gasteiger partial charge on any atom is 0.248 e. The molecule has 3 rings (SSSR count). The van der Waals surface area contributed by atoms with Gasteiger partial charge in [-0.3, -0.25) is 14.8 Å². The standard InChI is InChI=1S/C17H21N5O2/c1-24-12-17(23)22-8-2-3-13(11-22)15-5-4-14(9-20-15)21-16-10-18-6-7-19-16/h4-7,9-10,13H,2-3,8,11-12H2,1H3,(H,19,21). The summed E-state index contributed by atoms with van der Waals surface area (Å²) in [4.78, 5) is 26.6. The van der Waals surface area contributed by atoms with Crippen LogP contribution < -0.4 is 5.32 Å². The van der Waals surface area contributed by atoms with E-state index in [1.165, 1.54) is 0 Å². The van der Waals surface area contributed by atoms with Gasteiger partial charge in [0.15, 0.2) is 0 Å². The molecule has 2 aromatic heterocycles. The zero-order valence-corrected chi connectivity index (χ0v) is 13.7. The van der Waals surface area contributed by atoms with Crippen LogP contribution in [0, 0.1) is 0 Å². The maximum atomic E-state index is 12.0. The second-order valence-electron chi connectivity index (χ2n) is 5.80. The fraction of sp³-hybridized carbons (Fsp3) is 0.412. The molecular weight excluding hydrogens is 306 g/mol. The molecule has 1 aliphatic heterocycles. The molecule has 0 aromatic carbocycles. The Morgan fingerprint density at radius 3 is 2.96 bits per heavy atom. The van der Waals surface area contributed by atoms with Crippen molar-refractivity contribution in [1.29, 1.82) is 0 Å². The molecule has 2 aromatic rings. The zero-order valence-electron chi connectivity index (χ0n) is 13.7. The first-order chi connectivity index (χ1) is 11.8. The minimum absolute atomic E-state index is 0.0446. The summed E-state index contributed by atoms with van der Waals surface area (Å²) in [5.74, 6) is 0.995. The van der Waals surface area contributed by atoms with Crippen molar-refractivity contribution in [3.05, 3.63) is 42.6 Å². The third kappa shape index (κ3) is 4.05. The largest absolute Gasteiger partial charge is 0.375 e. The van der Waals surface area contributed by atoms with E-state index in [0.717, 1.165) is 30.8 Å². The van der Waals surface area contributed by atoms with E-state index >= 15 is 0 Å². The summed E-state index contributed by atoms with van der Waals surface area (Å²) in [5, 5.41) is 3.16. The number of methoxy groups -OCH3 is 1. The normalized spacial score (nSPS) is 17.5. The van der Waals surface area contributed by atoms with Crippen LogP contribution in [0.4, 0.5) is 11.5 Å². The molecule has 0 saturated carbocycles. The lowest BCUT2D eigenvalue weighted by Crippen LogP contribution is -2.41. The van der Waals surface area contributed by atoms with Gasteiger partial charge in [-0.25, -0.2) is 4.98 Å². The molecule has 1 aliphatic rings. The Bertz CT molecular complexity index is 662. The number of piperidine rings is 1. The van der Waals surface area contributed by atoms with Crippen molar-refractivity contribution < 1.29 is 9.53 Å². The minimum atomic E-state index is 0.0446. The zero-order chi connectivity index (χ0) is 16.8. The Morgan fingerprint density at radius 1 is 1.33 bits per heavy atom. The summed E-state index contributed by atoms with van der Waals surface area (Å²) >= 11 is 0. The maximum absolute atomic E-state index is 12.0. The number of ether oxygens (including phenoxy) is 1. The fourth-order valence-corrected chi connectivity index (χ4v) is 2.89. The van der Waals surface area contributed by atoms with E-state index in [1.54, 1.807) is 31.9 Å². The van der Waals surface area contributed by atoms with Crippen molar-refractivity contribution in [3.8, 4) is 0 Å². The van der Waals surface area contributed by atoms with Crippen LogP contribution in [0.2, 0.25) is 0 Å². The monoisotopic (exact) mass is 327 g/mol. The number of aromatic nitrogens is 3. The molecule has 1 unspecified atom stereocenters. The van der Waals surface area contributed by atoms with Gasteiger partial charge in [0.2, 0.25) is 5.91 Å². The molecule has 7 heteroatoms. The summed E-state index contributed by atoms with van der Waals surface area (Å²) in [5.41, 5.74) is 1.87. The number of hydrogen-bond acceptors (Lipinski definition) is 6. The number of likely N-dealkylation sites (tertiary alicyclic amines) is 1. The number of anilines is 2. The second kappa shape index (κ2) is 7.83. The highest BCUT2D eigenvalue weighted by molar-refractivity contribution is 5.77. The van der Waals surface area contributed by atoms with Gasteiger partial charge in [0.1, 0.15) is 12.4 Å². The number of rotatable bonds is 5.